The number of halogens is 2. The standard InChI is InChI=1S/C16H21BrFNO3/c1-16(2,3)22-15(20)19-7-6-11(9-19)10-21-14-5-4-12(17)8-13(14)18/h4-5,8,11H,6-7,9-10H2,1-3H3. The fourth-order valence-electron chi connectivity index (χ4n) is 2.26. The lowest BCUT2D eigenvalue weighted by atomic mass is 10.1. The predicted octanol–water partition coefficient (Wildman–Crippen LogP) is 4.22. The van der Waals surface area contributed by atoms with Crippen molar-refractivity contribution in [2.24, 2.45) is 5.92 Å². The summed E-state index contributed by atoms with van der Waals surface area (Å²) in [5.41, 5.74) is -0.494. The molecule has 1 amide bonds. The maximum atomic E-state index is 13.7. The average Bonchev–Trinajstić information content (AvgIpc) is 2.84. The van der Waals surface area contributed by atoms with Crippen molar-refractivity contribution < 1.29 is 18.7 Å². The topological polar surface area (TPSA) is 38.8 Å². The van der Waals surface area contributed by atoms with Crippen LogP contribution in [0.2, 0.25) is 0 Å². The highest BCUT2D eigenvalue weighted by molar-refractivity contribution is 9.10. The van der Waals surface area contributed by atoms with Gasteiger partial charge in [-0.15, -0.1) is 0 Å². The largest absolute Gasteiger partial charge is 0.490 e. The molecule has 1 saturated heterocycles. The Bertz CT molecular complexity index is 545. The van der Waals surface area contributed by atoms with Crippen molar-refractivity contribution in [2.75, 3.05) is 19.7 Å². The molecule has 0 radical (unpaired) electrons. The number of hydrogen-bond donors (Lipinski definition) is 0. The molecule has 1 fully saturated rings. The van der Waals surface area contributed by atoms with Crippen molar-refractivity contribution in [3.05, 3.63) is 28.5 Å². The van der Waals surface area contributed by atoms with Crippen LogP contribution in [0.1, 0.15) is 27.2 Å². The maximum absolute atomic E-state index is 13.7. The van der Waals surface area contributed by atoms with Gasteiger partial charge in [-0.1, -0.05) is 15.9 Å². The van der Waals surface area contributed by atoms with Crippen LogP contribution in [0.3, 0.4) is 0 Å². The quantitative estimate of drug-likeness (QED) is 0.795. The molecule has 1 unspecified atom stereocenters. The fourth-order valence-corrected chi connectivity index (χ4v) is 2.59. The SMILES string of the molecule is CC(C)(C)OC(=O)N1CCC(COc2ccc(Br)cc2F)C1. The lowest BCUT2D eigenvalue weighted by Crippen LogP contribution is -2.35. The summed E-state index contributed by atoms with van der Waals surface area (Å²) in [5, 5.41) is 0. The van der Waals surface area contributed by atoms with E-state index in [0.717, 1.165) is 6.42 Å². The Balaban J connectivity index is 1.82. The van der Waals surface area contributed by atoms with Gasteiger partial charge in [-0.2, -0.15) is 0 Å². The summed E-state index contributed by atoms with van der Waals surface area (Å²) in [6.07, 6.45) is 0.530. The molecule has 1 aliphatic rings. The van der Waals surface area contributed by atoms with E-state index in [2.05, 4.69) is 15.9 Å². The molecule has 122 valence electrons. The van der Waals surface area contributed by atoms with Gasteiger partial charge in [0.2, 0.25) is 0 Å². The first-order chi connectivity index (χ1) is 10.2. The van der Waals surface area contributed by atoms with Gasteiger partial charge >= 0.3 is 6.09 Å². The van der Waals surface area contributed by atoms with E-state index in [-0.39, 0.29) is 17.8 Å². The van der Waals surface area contributed by atoms with Crippen LogP contribution >= 0.6 is 15.9 Å². The smallest absolute Gasteiger partial charge is 0.410 e. The first kappa shape index (κ1) is 17.1. The summed E-state index contributed by atoms with van der Waals surface area (Å²) >= 11 is 3.21. The van der Waals surface area contributed by atoms with Crippen LogP contribution < -0.4 is 4.74 Å². The molecule has 0 bridgehead atoms. The number of amides is 1. The van der Waals surface area contributed by atoms with Crippen molar-refractivity contribution in [3.8, 4) is 5.75 Å². The van der Waals surface area contributed by atoms with E-state index in [0.29, 0.717) is 24.2 Å². The Morgan fingerprint density at radius 1 is 1.45 bits per heavy atom. The van der Waals surface area contributed by atoms with Crippen LogP contribution in [0.5, 0.6) is 5.75 Å². The van der Waals surface area contributed by atoms with Gasteiger partial charge in [-0.05, 0) is 45.4 Å². The van der Waals surface area contributed by atoms with Crippen molar-refractivity contribution in [3.63, 3.8) is 0 Å². The molecule has 6 heteroatoms. The molecule has 1 heterocycles. The first-order valence-corrected chi connectivity index (χ1v) is 8.09. The van der Waals surface area contributed by atoms with Gasteiger partial charge in [-0.25, -0.2) is 9.18 Å². The van der Waals surface area contributed by atoms with Crippen LogP contribution in [0, 0.1) is 11.7 Å². The molecule has 1 aromatic rings. The van der Waals surface area contributed by atoms with Crippen molar-refractivity contribution in [2.45, 2.75) is 32.8 Å². The summed E-state index contributed by atoms with van der Waals surface area (Å²) in [7, 11) is 0. The molecule has 0 aliphatic carbocycles. The fraction of sp³-hybridized carbons (Fsp3) is 0.562. The van der Waals surface area contributed by atoms with Gasteiger partial charge in [0.05, 0.1) is 6.61 Å². The van der Waals surface area contributed by atoms with E-state index in [1.54, 1.807) is 17.0 Å². The van der Waals surface area contributed by atoms with E-state index in [1.807, 2.05) is 20.8 Å². The van der Waals surface area contributed by atoms with Crippen molar-refractivity contribution in [1.29, 1.82) is 0 Å². The second-order valence-electron chi connectivity index (χ2n) is 6.47. The van der Waals surface area contributed by atoms with Crippen LogP contribution in [0.25, 0.3) is 0 Å². The summed E-state index contributed by atoms with van der Waals surface area (Å²) in [6, 6.07) is 4.71. The number of carbonyl (C=O) groups is 1. The Kier molecular flexibility index (Phi) is 5.32. The third-order valence-corrected chi connectivity index (χ3v) is 3.80. The maximum Gasteiger partial charge on any atom is 0.410 e. The third-order valence-electron chi connectivity index (χ3n) is 3.31. The van der Waals surface area contributed by atoms with Crippen molar-refractivity contribution in [1.82, 2.24) is 4.90 Å². The summed E-state index contributed by atoms with van der Waals surface area (Å²) in [5.74, 6) is 0.0332. The summed E-state index contributed by atoms with van der Waals surface area (Å²) in [4.78, 5) is 13.6. The Labute approximate surface area is 138 Å². The number of likely N-dealkylation sites (tertiary alicyclic amines) is 1. The Morgan fingerprint density at radius 2 is 2.18 bits per heavy atom. The molecule has 1 aliphatic heterocycles. The minimum atomic E-state index is -0.494. The minimum absolute atomic E-state index is 0.190. The predicted molar refractivity (Wildman–Crippen MR) is 85.5 cm³/mol. The van der Waals surface area contributed by atoms with Crippen LogP contribution in [-0.2, 0) is 4.74 Å². The molecule has 0 spiro atoms. The molecule has 22 heavy (non-hydrogen) atoms. The summed E-state index contributed by atoms with van der Waals surface area (Å²) in [6.45, 7) is 7.14. The zero-order valence-corrected chi connectivity index (χ0v) is 14.7. The number of ether oxygens (including phenoxy) is 2. The van der Waals surface area contributed by atoms with Crippen LogP contribution in [-0.4, -0.2) is 36.3 Å². The Hall–Kier alpha value is -1.30. The zero-order valence-electron chi connectivity index (χ0n) is 13.1. The number of carbonyl (C=O) groups excluding carboxylic acids is 1. The van der Waals surface area contributed by atoms with Crippen LogP contribution in [0.4, 0.5) is 9.18 Å². The van der Waals surface area contributed by atoms with E-state index in [1.165, 1.54) is 6.07 Å². The third kappa shape index (κ3) is 4.87. The van der Waals surface area contributed by atoms with E-state index >= 15 is 0 Å². The first-order valence-electron chi connectivity index (χ1n) is 7.30. The molecule has 0 saturated carbocycles. The average molecular weight is 374 g/mol. The van der Waals surface area contributed by atoms with E-state index < -0.39 is 11.4 Å². The molecular formula is C16H21BrFNO3. The number of benzene rings is 1. The van der Waals surface area contributed by atoms with Gasteiger partial charge < -0.3 is 14.4 Å². The number of hydrogen-bond acceptors (Lipinski definition) is 3. The van der Waals surface area contributed by atoms with Gasteiger partial charge in [0.25, 0.3) is 0 Å². The molecule has 0 N–H and O–H groups in total. The normalized spacial score (nSPS) is 18.4. The molecule has 1 aromatic carbocycles. The molecular weight excluding hydrogens is 353 g/mol. The second-order valence-corrected chi connectivity index (χ2v) is 7.38. The number of nitrogens with zero attached hydrogens (tertiary/aromatic N) is 1. The van der Waals surface area contributed by atoms with Gasteiger partial charge in [0, 0.05) is 23.5 Å². The van der Waals surface area contributed by atoms with E-state index in [4.69, 9.17) is 9.47 Å². The monoisotopic (exact) mass is 373 g/mol. The van der Waals surface area contributed by atoms with Crippen LogP contribution in [0.15, 0.2) is 22.7 Å². The lowest BCUT2D eigenvalue weighted by molar-refractivity contribution is 0.0284. The molecule has 2 rings (SSSR count). The molecule has 0 aromatic heterocycles. The van der Waals surface area contributed by atoms with E-state index in [9.17, 15) is 9.18 Å². The highest BCUT2D eigenvalue weighted by Gasteiger charge is 2.30. The highest BCUT2D eigenvalue weighted by atomic mass is 79.9. The Morgan fingerprint density at radius 3 is 2.82 bits per heavy atom. The zero-order chi connectivity index (χ0) is 16.3. The molecule has 4 nitrogen and oxygen atoms in total. The van der Waals surface area contributed by atoms with Gasteiger partial charge in [0.1, 0.15) is 5.60 Å². The highest BCUT2D eigenvalue weighted by Crippen LogP contribution is 2.24. The molecule has 1 atom stereocenters. The lowest BCUT2D eigenvalue weighted by Gasteiger charge is -2.24. The summed E-state index contributed by atoms with van der Waals surface area (Å²) < 4.78 is 25.2. The van der Waals surface area contributed by atoms with Crippen molar-refractivity contribution >= 4 is 22.0 Å². The minimum Gasteiger partial charge on any atom is -0.490 e. The second kappa shape index (κ2) is 6.86. The van der Waals surface area contributed by atoms with Gasteiger partial charge in [0.15, 0.2) is 11.6 Å². The number of rotatable bonds is 3. The van der Waals surface area contributed by atoms with Gasteiger partial charge in [-0.3, -0.25) is 0 Å².